The number of hydrogen-bond acceptors (Lipinski definition) is 6. The molecule has 0 unspecified atom stereocenters. The molecular formula is C26H24N4O4S. The van der Waals surface area contributed by atoms with E-state index in [-0.39, 0.29) is 16.6 Å². The predicted octanol–water partition coefficient (Wildman–Crippen LogP) is 4.72. The van der Waals surface area contributed by atoms with Crippen LogP contribution in [0.4, 0.5) is 5.69 Å². The van der Waals surface area contributed by atoms with Gasteiger partial charge in [0.15, 0.2) is 5.76 Å². The first-order valence-electron chi connectivity index (χ1n) is 11.3. The molecule has 9 heteroatoms. The third-order valence-electron chi connectivity index (χ3n) is 6.06. The number of hydrazone groups is 1. The second kappa shape index (κ2) is 8.99. The van der Waals surface area contributed by atoms with Gasteiger partial charge >= 0.3 is 0 Å². The molecule has 0 fully saturated rings. The molecule has 0 atom stereocenters. The second-order valence-electron chi connectivity index (χ2n) is 8.50. The van der Waals surface area contributed by atoms with Gasteiger partial charge < -0.3 is 9.73 Å². The Morgan fingerprint density at radius 1 is 1.03 bits per heavy atom. The molecule has 178 valence electrons. The first-order chi connectivity index (χ1) is 16.8. The van der Waals surface area contributed by atoms with Gasteiger partial charge in [-0.3, -0.25) is 9.78 Å². The van der Waals surface area contributed by atoms with Gasteiger partial charge in [-0.25, -0.2) is 0 Å². The lowest BCUT2D eigenvalue weighted by Crippen LogP contribution is -2.22. The molecule has 4 aromatic rings. The fourth-order valence-corrected chi connectivity index (χ4v) is 5.10. The number of carbonyl (C=O) groups is 1. The summed E-state index contributed by atoms with van der Waals surface area (Å²) >= 11 is 0. The van der Waals surface area contributed by atoms with E-state index in [0.717, 1.165) is 22.9 Å². The summed E-state index contributed by atoms with van der Waals surface area (Å²) < 4.78 is 31.3. The van der Waals surface area contributed by atoms with Crippen LogP contribution in [0.25, 0.3) is 10.9 Å². The van der Waals surface area contributed by atoms with Crippen molar-refractivity contribution in [3.8, 4) is 0 Å². The van der Waals surface area contributed by atoms with Crippen LogP contribution in [-0.2, 0) is 16.4 Å². The highest BCUT2D eigenvalue weighted by atomic mass is 32.2. The van der Waals surface area contributed by atoms with Crippen LogP contribution in [0.5, 0.6) is 0 Å². The summed E-state index contributed by atoms with van der Waals surface area (Å²) in [6.07, 6.45) is 3.65. The summed E-state index contributed by atoms with van der Waals surface area (Å²) in [7, 11) is -3.82. The summed E-state index contributed by atoms with van der Waals surface area (Å²) in [5.74, 6) is 0.437. The number of rotatable bonds is 5. The van der Waals surface area contributed by atoms with Crippen LogP contribution in [0, 0.1) is 13.8 Å². The molecule has 0 bridgehead atoms. The number of amides is 1. The minimum atomic E-state index is -3.82. The summed E-state index contributed by atoms with van der Waals surface area (Å²) in [5, 5.41) is 7.98. The highest BCUT2D eigenvalue weighted by molar-refractivity contribution is 7.89. The molecule has 1 amide bonds. The van der Waals surface area contributed by atoms with Crippen LogP contribution in [0.3, 0.4) is 0 Å². The van der Waals surface area contributed by atoms with Gasteiger partial charge in [-0.15, -0.1) is 0 Å². The second-order valence-corrected chi connectivity index (χ2v) is 10.2. The number of fused-ring (bicyclic) bond motifs is 2. The van der Waals surface area contributed by atoms with Gasteiger partial charge in [-0.05, 0) is 63.1 Å². The van der Waals surface area contributed by atoms with E-state index in [1.165, 1.54) is 0 Å². The van der Waals surface area contributed by atoms with Crippen LogP contribution in [0.1, 0.15) is 45.8 Å². The van der Waals surface area contributed by atoms with Crippen molar-refractivity contribution in [2.45, 2.75) is 38.0 Å². The number of aryl methyl sites for hydroxylation is 2. The van der Waals surface area contributed by atoms with Crippen LogP contribution in [0.2, 0.25) is 0 Å². The molecule has 0 spiro atoms. The minimum absolute atomic E-state index is 0.136. The average Bonchev–Trinajstić information content (AvgIpc) is 3.20. The van der Waals surface area contributed by atoms with Gasteiger partial charge in [0.05, 0.1) is 21.8 Å². The SMILES string of the molecule is Cc1ccc(S(=O)(=O)N/N=C2\CCCc3oc(C(=O)Nc4cccc5ncccc45)c(C)c32)cc1. The van der Waals surface area contributed by atoms with E-state index in [9.17, 15) is 13.2 Å². The topological polar surface area (TPSA) is 114 Å². The highest BCUT2D eigenvalue weighted by Gasteiger charge is 2.28. The van der Waals surface area contributed by atoms with Gasteiger partial charge in [0.1, 0.15) is 5.76 Å². The standard InChI is InChI=1S/C26H24N4O4S/c1-16-11-13-18(14-12-16)35(32,33)30-29-22-9-4-10-23-24(22)17(2)25(34-23)26(31)28-21-8-3-7-20-19(21)6-5-15-27-20/h3,5-8,11-15,30H,4,9-10H2,1-2H3,(H,28,31)/b29-22+. The maximum absolute atomic E-state index is 13.2. The summed E-state index contributed by atoms with van der Waals surface area (Å²) in [4.78, 5) is 20.0. The van der Waals surface area contributed by atoms with Crippen molar-refractivity contribution in [1.29, 1.82) is 0 Å². The summed E-state index contributed by atoms with van der Waals surface area (Å²) in [6, 6.07) is 15.8. The molecule has 0 saturated carbocycles. The molecule has 0 aliphatic heterocycles. The molecular weight excluding hydrogens is 464 g/mol. The Labute approximate surface area is 203 Å². The molecule has 5 rings (SSSR count). The third kappa shape index (κ3) is 4.42. The fraction of sp³-hybridized carbons (Fsp3) is 0.192. The number of anilines is 1. The molecule has 2 aromatic heterocycles. The van der Waals surface area contributed by atoms with E-state index in [1.807, 2.05) is 37.3 Å². The maximum atomic E-state index is 13.2. The Bertz CT molecular complexity index is 1570. The Balaban J connectivity index is 1.43. The van der Waals surface area contributed by atoms with Crippen molar-refractivity contribution >= 4 is 38.2 Å². The van der Waals surface area contributed by atoms with Crippen molar-refractivity contribution in [3.63, 3.8) is 0 Å². The maximum Gasteiger partial charge on any atom is 0.291 e. The van der Waals surface area contributed by atoms with Gasteiger partial charge in [0.2, 0.25) is 0 Å². The zero-order valence-corrected chi connectivity index (χ0v) is 20.1. The van der Waals surface area contributed by atoms with E-state index in [0.29, 0.717) is 41.1 Å². The number of aromatic nitrogens is 1. The molecule has 1 aliphatic rings. The minimum Gasteiger partial charge on any atom is -0.455 e. The number of carbonyl (C=O) groups excluding carboxylic acids is 1. The Hall–Kier alpha value is -3.98. The zero-order valence-electron chi connectivity index (χ0n) is 19.3. The van der Waals surface area contributed by atoms with Crippen molar-refractivity contribution in [1.82, 2.24) is 9.82 Å². The first-order valence-corrected chi connectivity index (χ1v) is 12.7. The average molecular weight is 489 g/mol. The van der Waals surface area contributed by atoms with E-state index in [1.54, 1.807) is 37.4 Å². The van der Waals surface area contributed by atoms with E-state index < -0.39 is 10.0 Å². The molecule has 0 radical (unpaired) electrons. The lowest BCUT2D eigenvalue weighted by molar-refractivity contribution is 0.0994. The van der Waals surface area contributed by atoms with Gasteiger partial charge in [0.25, 0.3) is 15.9 Å². The van der Waals surface area contributed by atoms with Gasteiger partial charge in [-0.1, -0.05) is 23.8 Å². The lowest BCUT2D eigenvalue weighted by atomic mass is 9.93. The van der Waals surface area contributed by atoms with Crippen molar-refractivity contribution < 1.29 is 17.6 Å². The third-order valence-corrected chi connectivity index (χ3v) is 7.28. The van der Waals surface area contributed by atoms with Crippen LogP contribution in [-0.4, -0.2) is 25.0 Å². The molecule has 0 saturated heterocycles. The monoisotopic (exact) mass is 488 g/mol. The predicted molar refractivity (Wildman–Crippen MR) is 134 cm³/mol. The van der Waals surface area contributed by atoms with Crippen molar-refractivity contribution in [2.75, 3.05) is 5.32 Å². The number of nitrogens with zero attached hydrogens (tertiary/aromatic N) is 2. The normalized spacial score (nSPS) is 14.6. The van der Waals surface area contributed by atoms with Gasteiger partial charge in [-0.2, -0.15) is 18.4 Å². The molecule has 8 nitrogen and oxygen atoms in total. The number of sulfonamides is 1. The smallest absolute Gasteiger partial charge is 0.291 e. The fourth-order valence-electron chi connectivity index (χ4n) is 4.27. The molecule has 35 heavy (non-hydrogen) atoms. The zero-order chi connectivity index (χ0) is 24.6. The molecule has 2 heterocycles. The first kappa shape index (κ1) is 22.8. The van der Waals surface area contributed by atoms with Crippen LogP contribution < -0.4 is 10.1 Å². The van der Waals surface area contributed by atoms with Gasteiger partial charge in [0, 0.05) is 29.1 Å². The quantitative estimate of drug-likeness (QED) is 0.395. The van der Waals surface area contributed by atoms with Crippen molar-refractivity contribution in [3.05, 3.63) is 89.0 Å². The van der Waals surface area contributed by atoms with E-state index in [4.69, 9.17) is 4.42 Å². The number of hydrogen-bond donors (Lipinski definition) is 2. The number of furan rings is 1. The van der Waals surface area contributed by atoms with Crippen LogP contribution in [0.15, 0.2) is 75.2 Å². The summed E-state index contributed by atoms with van der Waals surface area (Å²) in [5.41, 5.74) is 4.24. The molecule has 2 N–H and O–H groups in total. The highest BCUT2D eigenvalue weighted by Crippen LogP contribution is 2.31. The van der Waals surface area contributed by atoms with Crippen molar-refractivity contribution in [2.24, 2.45) is 5.10 Å². The lowest BCUT2D eigenvalue weighted by Gasteiger charge is -2.14. The Morgan fingerprint density at radius 3 is 2.63 bits per heavy atom. The molecule has 1 aliphatic carbocycles. The number of pyridine rings is 1. The van der Waals surface area contributed by atoms with Crippen LogP contribution >= 0.6 is 0 Å². The Morgan fingerprint density at radius 2 is 1.83 bits per heavy atom. The number of benzene rings is 2. The summed E-state index contributed by atoms with van der Waals surface area (Å²) in [6.45, 7) is 3.68. The van der Waals surface area contributed by atoms with E-state index in [2.05, 4.69) is 20.2 Å². The largest absolute Gasteiger partial charge is 0.455 e. The van der Waals surface area contributed by atoms with E-state index >= 15 is 0 Å². The Kier molecular flexibility index (Phi) is 5.86. The number of nitrogens with one attached hydrogen (secondary N) is 2. The molecule has 2 aromatic carbocycles.